The minimum atomic E-state index is -0.347. The fourth-order valence-corrected chi connectivity index (χ4v) is 3.38. The largest absolute Gasteiger partial charge is 0.377 e. The maximum absolute atomic E-state index is 14.8. The maximum Gasteiger partial charge on any atom is 0.258 e. The first-order valence-corrected chi connectivity index (χ1v) is 8.12. The second-order valence-electron chi connectivity index (χ2n) is 6.40. The van der Waals surface area contributed by atoms with Crippen LogP contribution in [-0.4, -0.2) is 34.8 Å². The summed E-state index contributed by atoms with van der Waals surface area (Å²) in [6, 6.07) is 6.54. The molecule has 24 heavy (non-hydrogen) atoms. The first-order valence-electron chi connectivity index (χ1n) is 8.12. The van der Waals surface area contributed by atoms with Gasteiger partial charge in [-0.25, -0.2) is 9.37 Å². The normalized spacial score (nSPS) is 21.1. The Hall–Kier alpha value is -2.21. The van der Waals surface area contributed by atoms with E-state index in [-0.39, 0.29) is 23.5 Å². The highest BCUT2D eigenvalue weighted by Gasteiger charge is 2.27. The van der Waals surface area contributed by atoms with Gasteiger partial charge in [0.2, 0.25) is 0 Å². The summed E-state index contributed by atoms with van der Waals surface area (Å²) in [6.07, 6.45) is 0. The fraction of sp³-hybridized carbons (Fsp3) is 0.444. The van der Waals surface area contributed by atoms with Gasteiger partial charge in [-0.1, -0.05) is 0 Å². The Labute approximate surface area is 140 Å². The Morgan fingerprint density at radius 3 is 2.42 bits per heavy atom. The third-order valence-electron chi connectivity index (χ3n) is 4.35. The molecule has 0 radical (unpaired) electrons. The highest BCUT2D eigenvalue weighted by atomic mass is 19.1. The van der Waals surface area contributed by atoms with Crippen LogP contribution in [-0.2, 0) is 4.74 Å². The first kappa shape index (κ1) is 16.6. The van der Waals surface area contributed by atoms with Crippen molar-refractivity contribution in [1.82, 2.24) is 9.55 Å². The van der Waals surface area contributed by atoms with E-state index in [1.165, 1.54) is 16.7 Å². The predicted molar refractivity (Wildman–Crippen MR) is 91.5 cm³/mol. The highest BCUT2D eigenvalue weighted by molar-refractivity contribution is 5.54. The van der Waals surface area contributed by atoms with E-state index >= 15 is 0 Å². The SMILES string of the molecule is Cc1cc(=O)n(-c2ccc(N3[C@H](C)COC[C@H]3C)c(F)c2)c(C)n1. The molecule has 0 unspecified atom stereocenters. The summed E-state index contributed by atoms with van der Waals surface area (Å²) in [5.74, 6) is 0.195. The molecule has 1 fully saturated rings. The monoisotopic (exact) mass is 331 g/mol. The van der Waals surface area contributed by atoms with Gasteiger partial charge in [0, 0.05) is 17.8 Å². The lowest BCUT2D eigenvalue weighted by Crippen LogP contribution is -2.50. The van der Waals surface area contributed by atoms with Crippen LogP contribution in [0.5, 0.6) is 0 Å². The van der Waals surface area contributed by atoms with Crippen molar-refractivity contribution in [1.29, 1.82) is 0 Å². The van der Waals surface area contributed by atoms with Crippen LogP contribution >= 0.6 is 0 Å². The topological polar surface area (TPSA) is 47.4 Å². The molecule has 0 aliphatic carbocycles. The average molecular weight is 331 g/mol. The molecule has 5 nitrogen and oxygen atoms in total. The standard InChI is InChI=1S/C18H22FN3O2/c1-11-7-18(23)22(14(4)20-11)15-5-6-17(16(19)8-15)21-12(2)9-24-10-13(21)3/h5-8,12-13H,9-10H2,1-4H3/t12-,13-/m1/s1. The molecule has 0 amide bonds. The summed E-state index contributed by atoms with van der Waals surface area (Å²) < 4.78 is 21.7. The molecule has 2 heterocycles. The van der Waals surface area contributed by atoms with Crippen molar-refractivity contribution < 1.29 is 9.13 Å². The molecule has 0 spiro atoms. The van der Waals surface area contributed by atoms with Gasteiger partial charge in [-0.3, -0.25) is 9.36 Å². The first-order chi connectivity index (χ1) is 11.4. The van der Waals surface area contributed by atoms with Gasteiger partial charge in [-0.2, -0.15) is 0 Å². The summed E-state index contributed by atoms with van der Waals surface area (Å²) in [6.45, 7) is 8.69. The van der Waals surface area contributed by atoms with E-state index in [0.717, 1.165) is 0 Å². The summed E-state index contributed by atoms with van der Waals surface area (Å²) >= 11 is 0. The number of halogens is 1. The molecule has 2 aromatic rings. The number of benzene rings is 1. The van der Waals surface area contributed by atoms with E-state index in [1.807, 2.05) is 18.7 Å². The van der Waals surface area contributed by atoms with E-state index < -0.39 is 0 Å². The van der Waals surface area contributed by atoms with Crippen molar-refractivity contribution >= 4 is 5.69 Å². The molecule has 6 heteroatoms. The van der Waals surface area contributed by atoms with Gasteiger partial charge >= 0.3 is 0 Å². The van der Waals surface area contributed by atoms with Gasteiger partial charge in [-0.05, 0) is 39.8 Å². The highest BCUT2D eigenvalue weighted by Crippen LogP contribution is 2.28. The van der Waals surface area contributed by atoms with Crippen LogP contribution in [0.2, 0.25) is 0 Å². The molecule has 1 aliphatic heterocycles. The zero-order valence-electron chi connectivity index (χ0n) is 14.4. The number of nitrogens with zero attached hydrogens (tertiary/aromatic N) is 3. The number of aryl methyl sites for hydroxylation is 2. The van der Waals surface area contributed by atoms with Crippen LogP contribution in [0, 0.1) is 19.7 Å². The number of hydrogen-bond donors (Lipinski definition) is 0. The smallest absolute Gasteiger partial charge is 0.258 e. The average Bonchev–Trinajstić information content (AvgIpc) is 2.48. The molecular weight excluding hydrogens is 309 g/mol. The third kappa shape index (κ3) is 2.94. The Morgan fingerprint density at radius 2 is 1.83 bits per heavy atom. The Morgan fingerprint density at radius 1 is 1.17 bits per heavy atom. The summed E-state index contributed by atoms with van der Waals surface area (Å²) in [4.78, 5) is 18.6. The number of morpholine rings is 1. The van der Waals surface area contributed by atoms with Crippen molar-refractivity contribution in [2.24, 2.45) is 0 Å². The molecule has 2 atom stereocenters. The van der Waals surface area contributed by atoms with Gasteiger partial charge in [0.25, 0.3) is 5.56 Å². The van der Waals surface area contributed by atoms with E-state index in [0.29, 0.717) is 36.1 Å². The molecule has 0 saturated carbocycles. The van der Waals surface area contributed by atoms with E-state index in [4.69, 9.17) is 4.74 Å². The van der Waals surface area contributed by atoms with Crippen LogP contribution in [0.3, 0.4) is 0 Å². The second kappa shape index (κ2) is 6.36. The van der Waals surface area contributed by atoms with Crippen LogP contribution < -0.4 is 10.5 Å². The lowest BCUT2D eigenvalue weighted by atomic mass is 10.1. The molecule has 0 bridgehead atoms. The van der Waals surface area contributed by atoms with Crippen LogP contribution in [0.1, 0.15) is 25.4 Å². The lowest BCUT2D eigenvalue weighted by Gasteiger charge is -2.40. The summed E-state index contributed by atoms with van der Waals surface area (Å²) in [7, 11) is 0. The molecule has 0 N–H and O–H groups in total. The molecular formula is C18H22FN3O2. The zero-order chi connectivity index (χ0) is 17.4. The van der Waals surface area contributed by atoms with Crippen LogP contribution in [0.4, 0.5) is 10.1 Å². The van der Waals surface area contributed by atoms with E-state index in [2.05, 4.69) is 4.98 Å². The fourth-order valence-electron chi connectivity index (χ4n) is 3.38. The zero-order valence-corrected chi connectivity index (χ0v) is 14.4. The van der Waals surface area contributed by atoms with Gasteiger partial charge in [-0.15, -0.1) is 0 Å². The van der Waals surface area contributed by atoms with Crippen LogP contribution in [0.15, 0.2) is 29.1 Å². The van der Waals surface area contributed by atoms with Gasteiger partial charge in [0.1, 0.15) is 11.6 Å². The Bertz CT molecular complexity index is 808. The van der Waals surface area contributed by atoms with Crippen molar-refractivity contribution in [3.8, 4) is 5.69 Å². The number of rotatable bonds is 2. The predicted octanol–water partition coefficient (Wildman–Crippen LogP) is 2.60. The minimum Gasteiger partial charge on any atom is -0.377 e. The Kier molecular flexibility index (Phi) is 4.41. The van der Waals surface area contributed by atoms with Crippen LogP contribution in [0.25, 0.3) is 5.69 Å². The van der Waals surface area contributed by atoms with Crippen molar-refractivity contribution in [3.63, 3.8) is 0 Å². The quantitative estimate of drug-likeness (QED) is 0.849. The van der Waals surface area contributed by atoms with Gasteiger partial charge in [0.05, 0.1) is 36.7 Å². The maximum atomic E-state index is 14.8. The summed E-state index contributed by atoms with van der Waals surface area (Å²) in [5, 5.41) is 0. The third-order valence-corrected chi connectivity index (χ3v) is 4.35. The van der Waals surface area contributed by atoms with Gasteiger partial charge < -0.3 is 9.64 Å². The van der Waals surface area contributed by atoms with E-state index in [9.17, 15) is 9.18 Å². The van der Waals surface area contributed by atoms with Crippen molar-refractivity contribution in [2.45, 2.75) is 39.8 Å². The second-order valence-corrected chi connectivity index (χ2v) is 6.40. The number of anilines is 1. The molecule has 128 valence electrons. The Balaban J connectivity index is 2.04. The molecule has 1 saturated heterocycles. The molecule has 1 aliphatic rings. The van der Waals surface area contributed by atoms with Crippen molar-refractivity contribution in [3.05, 3.63) is 52.0 Å². The summed E-state index contributed by atoms with van der Waals surface area (Å²) in [5.41, 5.74) is 1.47. The molecule has 1 aromatic heterocycles. The lowest BCUT2D eigenvalue weighted by molar-refractivity contribution is 0.0753. The number of aromatic nitrogens is 2. The number of hydrogen-bond acceptors (Lipinski definition) is 4. The van der Waals surface area contributed by atoms with Crippen molar-refractivity contribution in [2.75, 3.05) is 18.1 Å². The minimum absolute atomic E-state index is 0.0969. The molecule has 3 rings (SSSR count). The molecule has 1 aromatic carbocycles. The van der Waals surface area contributed by atoms with E-state index in [1.54, 1.807) is 26.0 Å². The number of ether oxygens (including phenoxy) is 1. The van der Waals surface area contributed by atoms with Gasteiger partial charge in [0.15, 0.2) is 0 Å².